The highest BCUT2D eigenvalue weighted by Crippen LogP contribution is 2.27. The Bertz CT molecular complexity index is 539. The van der Waals surface area contributed by atoms with Crippen LogP contribution in [0.1, 0.15) is 0 Å². The summed E-state index contributed by atoms with van der Waals surface area (Å²) in [4.78, 5) is 0. The zero-order valence-electron chi connectivity index (χ0n) is 9.36. The van der Waals surface area contributed by atoms with E-state index in [9.17, 15) is 10.2 Å². The van der Waals surface area contributed by atoms with E-state index in [0.29, 0.717) is 0 Å². The van der Waals surface area contributed by atoms with E-state index >= 15 is 0 Å². The van der Waals surface area contributed by atoms with Crippen LogP contribution in [0.3, 0.4) is 0 Å². The molecular weight excluding hydrogens is 198 g/mol. The van der Waals surface area contributed by atoms with Gasteiger partial charge >= 0.3 is 0 Å². The van der Waals surface area contributed by atoms with Crippen molar-refractivity contribution in [1.29, 1.82) is 0 Å². The van der Waals surface area contributed by atoms with Crippen LogP contribution in [0, 0.1) is 0 Å². The SMILES string of the molecule is Bc1ccc(O)c(-c2ccc(O)c(B)c2)c1. The molecule has 4 heteroatoms. The molecule has 78 valence electrons. The van der Waals surface area contributed by atoms with Crippen LogP contribution >= 0.6 is 0 Å². The molecule has 2 nitrogen and oxygen atoms in total. The van der Waals surface area contributed by atoms with Crippen LogP contribution in [-0.2, 0) is 0 Å². The average molecular weight is 210 g/mol. The van der Waals surface area contributed by atoms with Crippen molar-refractivity contribution in [3.8, 4) is 22.6 Å². The molecule has 0 unspecified atom stereocenters. The lowest BCUT2D eigenvalue weighted by Crippen LogP contribution is -2.04. The van der Waals surface area contributed by atoms with Crippen molar-refractivity contribution in [2.45, 2.75) is 0 Å². The predicted molar refractivity (Wildman–Crippen MR) is 71.6 cm³/mol. The van der Waals surface area contributed by atoms with Gasteiger partial charge in [-0.2, -0.15) is 0 Å². The van der Waals surface area contributed by atoms with Crippen LogP contribution in [0.5, 0.6) is 11.5 Å². The van der Waals surface area contributed by atoms with Crippen molar-refractivity contribution in [3.05, 3.63) is 36.4 Å². The van der Waals surface area contributed by atoms with Crippen LogP contribution < -0.4 is 10.9 Å². The molecule has 0 atom stereocenters. The van der Waals surface area contributed by atoms with E-state index in [1.807, 2.05) is 33.9 Å². The van der Waals surface area contributed by atoms with Crippen LogP contribution in [0.4, 0.5) is 0 Å². The Morgan fingerprint density at radius 2 is 1.50 bits per heavy atom. The molecule has 16 heavy (non-hydrogen) atoms. The summed E-state index contributed by atoms with van der Waals surface area (Å²) in [6.45, 7) is 0. The van der Waals surface area contributed by atoms with Crippen molar-refractivity contribution in [2.24, 2.45) is 0 Å². The van der Waals surface area contributed by atoms with E-state index in [2.05, 4.69) is 0 Å². The Morgan fingerprint density at radius 3 is 2.19 bits per heavy atom. The van der Waals surface area contributed by atoms with Crippen molar-refractivity contribution in [3.63, 3.8) is 0 Å². The van der Waals surface area contributed by atoms with E-state index in [0.717, 1.165) is 22.1 Å². The number of hydrogen-bond acceptors (Lipinski definition) is 2. The number of benzene rings is 2. The molecule has 0 amide bonds. The number of phenols is 2. The predicted octanol–water partition coefficient (Wildman–Crippen LogP) is -0.718. The summed E-state index contributed by atoms with van der Waals surface area (Å²) in [7, 11) is 3.82. The summed E-state index contributed by atoms with van der Waals surface area (Å²) in [6, 6.07) is 10.8. The number of rotatable bonds is 1. The molecule has 0 aliphatic rings. The molecule has 0 radical (unpaired) electrons. The van der Waals surface area contributed by atoms with E-state index in [1.54, 1.807) is 18.2 Å². The van der Waals surface area contributed by atoms with Gasteiger partial charge in [-0.3, -0.25) is 0 Å². The minimum Gasteiger partial charge on any atom is -0.509 e. The van der Waals surface area contributed by atoms with E-state index < -0.39 is 0 Å². The maximum atomic E-state index is 9.79. The third-order valence-corrected chi connectivity index (χ3v) is 2.66. The summed E-state index contributed by atoms with van der Waals surface area (Å²) >= 11 is 0. The molecule has 0 aromatic heterocycles. The first-order valence-corrected chi connectivity index (χ1v) is 5.17. The highest BCUT2D eigenvalue weighted by molar-refractivity contribution is 6.34. The second-order valence-electron chi connectivity index (χ2n) is 4.02. The molecule has 0 saturated carbocycles. The van der Waals surface area contributed by atoms with Crippen molar-refractivity contribution >= 4 is 26.6 Å². The first-order chi connectivity index (χ1) is 7.58. The standard InChI is InChI=1S/C12H12B2O2/c13-8-2-4-11(15)9(6-8)7-1-3-12(16)10(14)5-7/h1-6,15-16H,13-14H2. The van der Waals surface area contributed by atoms with Gasteiger partial charge in [0.1, 0.15) is 27.2 Å². The Balaban J connectivity index is 2.58. The molecule has 2 N–H and O–H groups in total. The quantitative estimate of drug-likeness (QED) is 0.609. The number of aromatic hydroxyl groups is 2. The Morgan fingerprint density at radius 1 is 0.812 bits per heavy atom. The van der Waals surface area contributed by atoms with Gasteiger partial charge in [0.05, 0.1) is 0 Å². The lowest BCUT2D eigenvalue weighted by molar-refractivity contribution is 0.476. The fourth-order valence-electron chi connectivity index (χ4n) is 1.70. The molecular formula is C12H12B2O2. The fraction of sp³-hybridized carbons (Fsp3) is 0. The van der Waals surface area contributed by atoms with Gasteiger partial charge in [0.25, 0.3) is 0 Å². The summed E-state index contributed by atoms with van der Waals surface area (Å²) < 4.78 is 0. The Hall–Kier alpha value is -1.83. The maximum Gasteiger partial charge on any atom is 0.144 e. The smallest absolute Gasteiger partial charge is 0.144 e. The van der Waals surface area contributed by atoms with Gasteiger partial charge in [-0.1, -0.05) is 29.7 Å². The Kier molecular flexibility index (Phi) is 2.65. The normalized spacial score (nSPS) is 10.2. The molecule has 2 aromatic rings. The van der Waals surface area contributed by atoms with Crippen LogP contribution in [0.25, 0.3) is 11.1 Å². The third-order valence-electron chi connectivity index (χ3n) is 2.66. The van der Waals surface area contributed by atoms with E-state index in [1.165, 1.54) is 0 Å². The minimum absolute atomic E-state index is 0.260. The van der Waals surface area contributed by atoms with E-state index in [4.69, 9.17) is 0 Å². The summed E-state index contributed by atoms with van der Waals surface area (Å²) in [5, 5.41) is 19.2. The van der Waals surface area contributed by atoms with Crippen molar-refractivity contribution in [1.82, 2.24) is 0 Å². The summed E-state index contributed by atoms with van der Waals surface area (Å²) in [5.74, 6) is 0.534. The van der Waals surface area contributed by atoms with Gasteiger partial charge in [0.15, 0.2) is 0 Å². The van der Waals surface area contributed by atoms with Gasteiger partial charge in [-0.05, 0) is 23.2 Å². The molecule has 0 bridgehead atoms. The second kappa shape index (κ2) is 3.97. The first kappa shape index (κ1) is 10.7. The number of phenolic OH excluding ortho intramolecular Hbond substituents is 2. The zero-order chi connectivity index (χ0) is 11.7. The lowest BCUT2D eigenvalue weighted by atomic mass is 9.88. The second-order valence-corrected chi connectivity index (χ2v) is 4.02. The molecule has 0 aliphatic heterocycles. The van der Waals surface area contributed by atoms with Gasteiger partial charge < -0.3 is 10.2 Å². The van der Waals surface area contributed by atoms with Crippen molar-refractivity contribution in [2.75, 3.05) is 0 Å². The van der Waals surface area contributed by atoms with Gasteiger partial charge in [0, 0.05) is 5.56 Å². The topological polar surface area (TPSA) is 40.5 Å². The monoisotopic (exact) mass is 210 g/mol. The average Bonchev–Trinajstić information content (AvgIpc) is 2.26. The third kappa shape index (κ3) is 1.91. The first-order valence-electron chi connectivity index (χ1n) is 5.17. The summed E-state index contributed by atoms with van der Waals surface area (Å²) in [6.07, 6.45) is 0. The molecule has 0 fully saturated rings. The van der Waals surface area contributed by atoms with Gasteiger partial charge in [0.2, 0.25) is 0 Å². The summed E-state index contributed by atoms with van der Waals surface area (Å²) in [5.41, 5.74) is 3.61. The molecule has 0 spiro atoms. The maximum absolute atomic E-state index is 9.79. The highest BCUT2D eigenvalue weighted by Gasteiger charge is 2.05. The molecule has 0 saturated heterocycles. The zero-order valence-corrected chi connectivity index (χ0v) is 9.36. The highest BCUT2D eigenvalue weighted by atomic mass is 16.3. The minimum atomic E-state index is 0.260. The van der Waals surface area contributed by atoms with Crippen molar-refractivity contribution < 1.29 is 10.2 Å². The van der Waals surface area contributed by atoms with E-state index in [-0.39, 0.29) is 11.5 Å². The largest absolute Gasteiger partial charge is 0.509 e. The van der Waals surface area contributed by atoms with Crippen LogP contribution in [0.15, 0.2) is 36.4 Å². The molecule has 0 aliphatic carbocycles. The fourth-order valence-corrected chi connectivity index (χ4v) is 1.70. The molecule has 2 rings (SSSR count). The Labute approximate surface area is 96.4 Å². The molecule has 0 heterocycles. The number of hydrogen-bond donors (Lipinski definition) is 2. The van der Waals surface area contributed by atoms with Crippen LogP contribution in [-0.4, -0.2) is 25.9 Å². The molecule has 2 aromatic carbocycles. The van der Waals surface area contributed by atoms with Gasteiger partial charge in [-0.15, -0.1) is 0 Å². The van der Waals surface area contributed by atoms with Crippen LogP contribution in [0.2, 0.25) is 0 Å². The lowest BCUT2D eigenvalue weighted by Gasteiger charge is -2.08. The van der Waals surface area contributed by atoms with Gasteiger partial charge in [-0.25, -0.2) is 0 Å².